The molecule has 1 aromatic heterocycles. The van der Waals surface area contributed by atoms with E-state index < -0.39 is 0 Å². The molecule has 1 heterocycles. The minimum absolute atomic E-state index is 0.338. The van der Waals surface area contributed by atoms with Crippen molar-refractivity contribution in [2.75, 3.05) is 11.2 Å². The van der Waals surface area contributed by atoms with Gasteiger partial charge >= 0.3 is 0 Å². The number of aryl methyl sites for hydroxylation is 1. The first-order valence-corrected chi connectivity index (χ1v) is 7.41. The second-order valence-electron chi connectivity index (χ2n) is 5.27. The standard InChI is InChI=1S/C14H22ClN3/c1-10(8-15)11(2)18-14-12-6-4-3-5-7-13(12)16-9-17-14/h9-11H,3-8H2,1-2H3,(H,16,17,18). The fourth-order valence-corrected chi connectivity index (χ4v) is 2.58. The Balaban J connectivity index is 2.18. The number of hydrogen-bond donors (Lipinski definition) is 1. The van der Waals surface area contributed by atoms with Crippen LogP contribution in [0.25, 0.3) is 0 Å². The van der Waals surface area contributed by atoms with Crippen molar-refractivity contribution in [2.24, 2.45) is 5.92 Å². The van der Waals surface area contributed by atoms with E-state index >= 15 is 0 Å². The number of alkyl halides is 1. The summed E-state index contributed by atoms with van der Waals surface area (Å²) in [6.45, 7) is 4.32. The largest absolute Gasteiger partial charge is 0.367 e. The topological polar surface area (TPSA) is 37.8 Å². The van der Waals surface area contributed by atoms with Gasteiger partial charge in [-0.15, -0.1) is 11.6 Å². The Labute approximate surface area is 114 Å². The molecule has 2 rings (SSSR count). The summed E-state index contributed by atoms with van der Waals surface area (Å²) in [6.07, 6.45) is 7.66. The first-order chi connectivity index (χ1) is 8.72. The number of fused-ring (bicyclic) bond motifs is 1. The van der Waals surface area contributed by atoms with Crippen LogP contribution < -0.4 is 5.32 Å². The van der Waals surface area contributed by atoms with Gasteiger partial charge in [-0.3, -0.25) is 0 Å². The quantitative estimate of drug-likeness (QED) is 0.671. The lowest BCUT2D eigenvalue weighted by atomic mass is 10.0. The highest BCUT2D eigenvalue weighted by Gasteiger charge is 2.17. The molecule has 4 heteroatoms. The lowest BCUT2D eigenvalue weighted by molar-refractivity contribution is 0.563. The molecule has 0 spiro atoms. The summed E-state index contributed by atoms with van der Waals surface area (Å²) in [6, 6.07) is 0.338. The second-order valence-corrected chi connectivity index (χ2v) is 5.58. The maximum Gasteiger partial charge on any atom is 0.133 e. The van der Waals surface area contributed by atoms with Gasteiger partial charge in [0.1, 0.15) is 12.1 Å². The molecule has 1 aliphatic carbocycles. The molecule has 2 atom stereocenters. The zero-order valence-corrected chi connectivity index (χ0v) is 12.0. The number of nitrogens with one attached hydrogen (secondary N) is 1. The summed E-state index contributed by atoms with van der Waals surface area (Å²) >= 11 is 5.91. The van der Waals surface area contributed by atoms with Crippen molar-refractivity contribution < 1.29 is 0 Å². The summed E-state index contributed by atoms with van der Waals surface area (Å²) < 4.78 is 0. The lowest BCUT2D eigenvalue weighted by Gasteiger charge is -2.21. The zero-order valence-electron chi connectivity index (χ0n) is 11.2. The van der Waals surface area contributed by atoms with Gasteiger partial charge in [-0.25, -0.2) is 9.97 Å². The number of rotatable bonds is 4. The van der Waals surface area contributed by atoms with Gasteiger partial charge in [0.25, 0.3) is 0 Å². The van der Waals surface area contributed by atoms with Crippen molar-refractivity contribution in [3.8, 4) is 0 Å². The molecule has 0 aromatic carbocycles. The van der Waals surface area contributed by atoms with Gasteiger partial charge in [0, 0.05) is 23.2 Å². The molecular formula is C14H22ClN3. The predicted octanol–water partition coefficient (Wildman–Crippen LogP) is 3.42. The first-order valence-electron chi connectivity index (χ1n) is 6.87. The summed E-state index contributed by atoms with van der Waals surface area (Å²) in [5, 5.41) is 3.51. The summed E-state index contributed by atoms with van der Waals surface area (Å²) in [4.78, 5) is 8.86. The monoisotopic (exact) mass is 267 g/mol. The molecule has 18 heavy (non-hydrogen) atoms. The summed E-state index contributed by atoms with van der Waals surface area (Å²) in [7, 11) is 0. The van der Waals surface area contributed by atoms with E-state index in [9.17, 15) is 0 Å². The Morgan fingerprint density at radius 3 is 2.78 bits per heavy atom. The Bertz CT molecular complexity index is 395. The lowest BCUT2D eigenvalue weighted by Crippen LogP contribution is -2.26. The molecular weight excluding hydrogens is 246 g/mol. The number of anilines is 1. The van der Waals surface area contributed by atoms with Gasteiger partial charge in [-0.05, 0) is 38.5 Å². The van der Waals surface area contributed by atoms with Crippen LogP contribution in [-0.4, -0.2) is 21.9 Å². The van der Waals surface area contributed by atoms with Crippen molar-refractivity contribution in [3.63, 3.8) is 0 Å². The van der Waals surface area contributed by atoms with Crippen LogP contribution in [0.2, 0.25) is 0 Å². The molecule has 0 saturated heterocycles. The molecule has 1 aromatic rings. The minimum Gasteiger partial charge on any atom is -0.367 e. The molecule has 2 unspecified atom stereocenters. The highest BCUT2D eigenvalue weighted by molar-refractivity contribution is 6.18. The summed E-state index contributed by atoms with van der Waals surface area (Å²) in [5.74, 6) is 2.12. The molecule has 0 fully saturated rings. The van der Waals surface area contributed by atoms with Crippen molar-refractivity contribution >= 4 is 17.4 Å². The van der Waals surface area contributed by atoms with Crippen LogP contribution in [0.15, 0.2) is 6.33 Å². The second kappa shape index (κ2) is 6.37. The van der Waals surface area contributed by atoms with E-state index in [2.05, 4.69) is 29.1 Å². The van der Waals surface area contributed by atoms with E-state index in [0.717, 1.165) is 18.7 Å². The van der Waals surface area contributed by atoms with E-state index in [1.165, 1.54) is 30.5 Å². The third kappa shape index (κ3) is 3.14. The predicted molar refractivity (Wildman–Crippen MR) is 76.3 cm³/mol. The molecule has 0 aliphatic heterocycles. The molecule has 0 saturated carbocycles. The smallest absolute Gasteiger partial charge is 0.133 e. The van der Waals surface area contributed by atoms with Gasteiger partial charge < -0.3 is 5.32 Å². The van der Waals surface area contributed by atoms with Crippen LogP contribution in [0.4, 0.5) is 5.82 Å². The van der Waals surface area contributed by atoms with Gasteiger partial charge in [0.05, 0.1) is 0 Å². The summed E-state index contributed by atoms with van der Waals surface area (Å²) in [5.41, 5.74) is 2.55. The Morgan fingerprint density at radius 1 is 1.22 bits per heavy atom. The first kappa shape index (κ1) is 13.6. The normalized spacial score (nSPS) is 18.6. The highest BCUT2D eigenvalue weighted by atomic mass is 35.5. The van der Waals surface area contributed by atoms with Crippen LogP contribution in [0.5, 0.6) is 0 Å². The SMILES string of the molecule is CC(CCl)C(C)Nc1ncnc2c1CCCCC2. The van der Waals surface area contributed by atoms with Crippen LogP contribution in [0.1, 0.15) is 44.4 Å². The van der Waals surface area contributed by atoms with Crippen molar-refractivity contribution in [2.45, 2.75) is 52.0 Å². The number of nitrogens with zero attached hydrogens (tertiary/aromatic N) is 2. The van der Waals surface area contributed by atoms with Gasteiger partial charge in [0.15, 0.2) is 0 Å². The van der Waals surface area contributed by atoms with E-state index in [-0.39, 0.29) is 0 Å². The van der Waals surface area contributed by atoms with Crippen LogP contribution in [0, 0.1) is 5.92 Å². The number of aromatic nitrogens is 2. The number of hydrogen-bond acceptors (Lipinski definition) is 3. The van der Waals surface area contributed by atoms with Crippen LogP contribution in [-0.2, 0) is 12.8 Å². The Morgan fingerprint density at radius 2 is 2.00 bits per heavy atom. The van der Waals surface area contributed by atoms with E-state index in [1.807, 2.05) is 0 Å². The fourth-order valence-electron chi connectivity index (χ4n) is 2.31. The Hall–Kier alpha value is -0.830. The van der Waals surface area contributed by atoms with Crippen molar-refractivity contribution in [1.29, 1.82) is 0 Å². The highest BCUT2D eigenvalue weighted by Crippen LogP contribution is 2.25. The zero-order chi connectivity index (χ0) is 13.0. The van der Waals surface area contributed by atoms with Gasteiger partial charge in [-0.1, -0.05) is 13.3 Å². The van der Waals surface area contributed by atoms with Crippen LogP contribution >= 0.6 is 11.6 Å². The average molecular weight is 268 g/mol. The van der Waals surface area contributed by atoms with E-state index in [1.54, 1.807) is 6.33 Å². The van der Waals surface area contributed by atoms with E-state index in [0.29, 0.717) is 17.8 Å². The van der Waals surface area contributed by atoms with Gasteiger partial charge in [0.2, 0.25) is 0 Å². The van der Waals surface area contributed by atoms with Gasteiger partial charge in [-0.2, -0.15) is 0 Å². The molecule has 3 nitrogen and oxygen atoms in total. The average Bonchev–Trinajstić information content (AvgIpc) is 2.63. The molecule has 1 N–H and O–H groups in total. The third-order valence-corrected chi connectivity index (χ3v) is 4.32. The maximum absolute atomic E-state index is 5.91. The third-order valence-electron chi connectivity index (χ3n) is 3.84. The Kier molecular flexibility index (Phi) is 4.81. The molecule has 0 radical (unpaired) electrons. The number of halogens is 1. The molecule has 0 amide bonds. The molecule has 100 valence electrons. The minimum atomic E-state index is 0.338. The van der Waals surface area contributed by atoms with E-state index in [4.69, 9.17) is 11.6 Å². The van der Waals surface area contributed by atoms with Crippen molar-refractivity contribution in [3.05, 3.63) is 17.6 Å². The molecule has 1 aliphatic rings. The maximum atomic E-state index is 5.91. The van der Waals surface area contributed by atoms with Crippen molar-refractivity contribution in [1.82, 2.24) is 9.97 Å². The van der Waals surface area contributed by atoms with Crippen LogP contribution in [0.3, 0.4) is 0 Å². The fraction of sp³-hybridized carbons (Fsp3) is 0.714. The molecule has 0 bridgehead atoms.